The topological polar surface area (TPSA) is 29.3 Å². The van der Waals surface area contributed by atoms with E-state index < -0.39 is 0 Å². The van der Waals surface area contributed by atoms with E-state index in [2.05, 4.69) is 25.7 Å². The fraction of sp³-hybridized carbons (Fsp3) is 1.00. The van der Waals surface area contributed by atoms with Gasteiger partial charge >= 0.3 is 0 Å². The summed E-state index contributed by atoms with van der Waals surface area (Å²) in [6.45, 7) is 11.5. The summed E-state index contributed by atoms with van der Waals surface area (Å²) in [5.41, 5.74) is 6.20. The second-order valence-corrected chi connectivity index (χ2v) is 5.55. The van der Waals surface area contributed by atoms with E-state index in [1.807, 2.05) is 0 Å². The molecule has 0 aromatic heterocycles. The summed E-state index contributed by atoms with van der Waals surface area (Å²) in [5, 5.41) is 0. The van der Waals surface area contributed by atoms with Crippen molar-refractivity contribution in [2.45, 2.75) is 46.5 Å². The van der Waals surface area contributed by atoms with E-state index in [1.54, 1.807) is 0 Å². The Morgan fingerprint density at radius 3 is 2.67 bits per heavy atom. The van der Waals surface area contributed by atoms with Gasteiger partial charge in [0, 0.05) is 13.1 Å². The standard InChI is InChI=1S/C13H28N2/c1-4-6-12-7-8-15(9-12)11-13(3,5-2)10-14/h12H,4-11,14H2,1-3H3. The van der Waals surface area contributed by atoms with Crippen molar-refractivity contribution >= 4 is 0 Å². The van der Waals surface area contributed by atoms with Crippen LogP contribution >= 0.6 is 0 Å². The lowest BCUT2D eigenvalue weighted by Crippen LogP contribution is -2.39. The van der Waals surface area contributed by atoms with Crippen molar-refractivity contribution in [3.63, 3.8) is 0 Å². The molecule has 0 spiro atoms. The summed E-state index contributed by atoms with van der Waals surface area (Å²) in [7, 11) is 0. The molecule has 0 aromatic rings. The Kier molecular flexibility index (Phi) is 5.07. The summed E-state index contributed by atoms with van der Waals surface area (Å²) in [6.07, 6.45) is 5.33. The maximum atomic E-state index is 5.86. The third-order valence-electron chi connectivity index (χ3n) is 4.02. The van der Waals surface area contributed by atoms with E-state index in [4.69, 9.17) is 5.73 Å². The molecule has 2 N–H and O–H groups in total. The normalized spacial score (nSPS) is 26.8. The molecule has 0 bridgehead atoms. The molecule has 1 aliphatic rings. The molecule has 2 nitrogen and oxygen atoms in total. The van der Waals surface area contributed by atoms with Crippen molar-refractivity contribution in [2.75, 3.05) is 26.2 Å². The largest absolute Gasteiger partial charge is 0.330 e. The molecule has 0 amide bonds. The van der Waals surface area contributed by atoms with Crippen LogP contribution < -0.4 is 5.73 Å². The quantitative estimate of drug-likeness (QED) is 0.733. The number of rotatable bonds is 6. The van der Waals surface area contributed by atoms with Gasteiger partial charge < -0.3 is 10.6 Å². The zero-order valence-corrected chi connectivity index (χ0v) is 10.8. The maximum Gasteiger partial charge on any atom is 0.00474 e. The molecule has 90 valence electrons. The average Bonchev–Trinajstić information content (AvgIpc) is 2.66. The van der Waals surface area contributed by atoms with Crippen LogP contribution in [0.25, 0.3) is 0 Å². The highest BCUT2D eigenvalue weighted by atomic mass is 15.2. The monoisotopic (exact) mass is 212 g/mol. The van der Waals surface area contributed by atoms with Crippen molar-refractivity contribution in [1.82, 2.24) is 4.90 Å². The first kappa shape index (κ1) is 13.0. The first-order chi connectivity index (χ1) is 7.13. The zero-order valence-electron chi connectivity index (χ0n) is 10.8. The minimum atomic E-state index is 0.334. The third kappa shape index (κ3) is 3.76. The van der Waals surface area contributed by atoms with E-state index in [1.165, 1.54) is 45.3 Å². The molecule has 15 heavy (non-hydrogen) atoms. The number of hydrogen-bond acceptors (Lipinski definition) is 2. The lowest BCUT2D eigenvalue weighted by molar-refractivity contribution is 0.186. The molecule has 1 rings (SSSR count). The number of nitrogens with two attached hydrogens (primary N) is 1. The first-order valence-electron chi connectivity index (χ1n) is 6.56. The van der Waals surface area contributed by atoms with E-state index in [9.17, 15) is 0 Å². The second-order valence-electron chi connectivity index (χ2n) is 5.55. The van der Waals surface area contributed by atoms with Gasteiger partial charge in [0.1, 0.15) is 0 Å². The third-order valence-corrected chi connectivity index (χ3v) is 4.02. The predicted octanol–water partition coefficient (Wildman–Crippen LogP) is 2.48. The highest BCUT2D eigenvalue weighted by Gasteiger charge is 2.28. The fourth-order valence-corrected chi connectivity index (χ4v) is 2.56. The molecule has 0 aromatic carbocycles. The first-order valence-corrected chi connectivity index (χ1v) is 6.56. The van der Waals surface area contributed by atoms with Gasteiger partial charge in [-0.05, 0) is 43.7 Å². The van der Waals surface area contributed by atoms with Crippen LogP contribution in [-0.2, 0) is 0 Å². The smallest absolute Gasteiger partial charge is 0.00474 e. The van der Waals surface area contributed by atoms with Gasteiger partial charge in [-0.3, -0.25) is 0 Å². The zero-order chi connectivity index (χ0) is 11.3. The Labute approximate surface area is 95.2 Å². The molecule has 2 atom stereocenters. The van der Waals surface area contributed by atoms with Crippen LogP contribution in [0.4, 0.5) is 0 Å². The van der Waals surface area contributed by atoms with Crippen molar-refractivity contribution in [1.29, 1.82) is 0 Å². The van der Waals surface area contributed by atoms with Gasteiger partial charge in [0.25, 0.3) is 0 Å². The number of nitrogens with zero attached hydrogens (tertiary/aromatic N) is 1. The van der Waals surface area contributed by atoms with Crippen LogP contribution in [0.3, 0.4) is 0 Å². The van der Waals surface area contributed by atoms with Gasteiger partial charge in [0.2, 0.25) is 0 Å². The Morgan fingerprint density at radius 2 is 2.13 bits per heavy atom. The Balaban J connectivity index is 2.34. The van der Waals surface area contributed by atoms with Gasteiger partial charge in [-0.25, -0.2) is 0 Å². The summed E-state index contributed by atoms with van der Waals surface area (Å²) in [5.74, 6) is 0.953. The van der Waals surface area contributed by atoms with Crippen molar-refractivity contribution in [3.05, 3.63) is 0 Å². The number of hydrogen-bond donors (Lipinski definition) is 1. The molecular weight excluding hydrogens is 184 g/mol. The van der Waals surface area contributed by atoms with Crippen LogP contribution in [0.2, 0.25) is 0 Å². The van der Waals surface area contributed by atoms with Crippen molar-refractivity contribution in [2.24, 2.45) is 17.1 Å². The van der Waals surface area contributed by atoms with Crippen LogP contribution in [-0.4, -0.2) is 31.1 Å². The van der Waals surface area contributed by atoms with E-state index in [0.29, 0.717) is 5.41 Å². The minimum absolute atomic E-state index is 0.334. The molecular formula is C13H28N2. The Hall–Kier alpha value is -0.0800. The Morgan fingerprint density at radius 1 is 1.40 bits per heavy atom. The summed E-state index contributed by atoms with van der Waals surface area (Å²) in [4.78, 5) is 2.62. The molecule has 1 fully saturated rings. The molecule has 0 radical (unpaired) electrons. The molecule has 1 saturated heterocycles. The SMILES string of the molecule is CCCC1CCN(CC(C)(CC)CN)C1. The van der Waals surface area contributed by atoms with Crippen LogP contribution in [0.15, 0.2) is 0 Å². The highest BCUT2D eigenvalue weighted by Crippen LogP contribution is 2.26. The summed E-state index contributed by atoms with van der Waals surface area (Å²) in [6, 6.07) is 0. The van der Waals surface area contributed by atoms with E-state index in [-0.39, 0.29) is 0 Å². The van der Waals surface area contributed by atoms with Gasteiger partial charge in [-0.15, -0.1) is 0 Å². The minimum Gasteiger partial charge on any atom is -0.330 e. The lowest BCUT2D eigenvalue weighted by atomic mass is 9.87. The van der Waals surface area contributed by atoms with Crippen LogP contribution in [0.1, 0.15) is 46.5 Å². The molecule has 0 saturated carbocycles. The lowest BCUT2D eigenvalue weighted by Gasteiger charge is -2.31. The van der Waals surface area contributed by atoms with Crippen LogP contribution in [0, 0.1) is 11.3 Å². The summed E-state index contributed by atoms with van der Waals surface area (Å²) >= 11 is 0. The molecule has 2 heteroatoms. The van der Waals surface area contributed by atoms with E-state index in [0.717, 1.165) is 12.5 Å². The van der Waals surface area contributed by atoms with Crippen molar-refractivity contribution < 1.29 is 0 Å². The van der Waals surface area contributed by atoms with E-state index >= 15 is 0 Å². The van der Waals surface area contributed by atoms with Gasteiger partial charge in [0.05, 0.1) is 0 Å². The number of likely N-dealkylation sites (tertiary alicyclic amines) is 1. The molecule has 1 aliphatic heterocycles. The maximum absolute atomic E-state index is 5.86. The molecule has 1 heterocycles. The molecule has 2 unspecified atom stereocenters. The predicted molar refractivity (Wildman–Crippen MR) is 66.9 cm³/mol. The highest BCUT2D eigenvalue weighted by molar-refractivity contribution is 4.83. The Bertz CT molecular complexity index is 175. The van der Waals surface area contributed by atoms with Gasteiger partial charge in [-0.1, -0.05) is 27.2 Å². The second kappa shape index (κ2) is 5.86. The average molecular weight is 212 g/mol. The van der Waals surface area contributed by atoms with Crippen LogP contribution in [0.5, 0.6) is 0 Å². The fourth-order valence-electron chi connectivity index (χ4n) is 2.56. The summed E-state index contributed by atoms with van der Waals surface area (Å²) < 4.78 is 0. The van der Waals surface area contributed by atoms with Gasteiger partial charge in [0.15, 0.2) is 0 Å². The molecule has 0 aliphatic carbocycles. The van der Waals surface area contributed by atoms with Crippen molar-refractivity contribution in [3.8, 4) is 0 Å². The van der Waals surface area contributed by atoms with Gasteiger partial charge in [-0.2, -0.15) is 0 Å².